The van der Waals surface area contributed by atoms with Crippen LogP contribution in [0.25, 0.3) is 118 Å². The second kappa shape index (κ2) is 16.0. The maximum Gasteiger partial charge on any atom is 0.143 e. The highest BCUT2D eigenvalue weighted by atomic mass is 32.1. The van der Waals surface area contributed by atoms with Gasteiger partial charge in [-0.05, 0) is 102 Å². The molecule has 0 radical (unpaired) electrons. The third-order valence-corrected chi connectivity index (χ3v) is 17.7. The Bertz CT molecular complexity index is 4550. The van der Waals surface area contributed by atoms with E-state index in [9.17, 15) is 0 Å². The lowest BCUT2D eigenvalue weighted by Crippen LogP contribution is -2.42. The van der Waals surface area contributed by atoms with Crippen molar-refractivity contribution in [3.05, 3.63) is 242 Å². The highest BCUT2D eigenvalue weighted by molar-refractivity contribution is 7.27. The third-order valence-electron chi connectivity index (χ3n) is 15.2. The number of thiophene rings is 2. The van der Waals surface area contributed by atoms with Crippen molar-refractivity contribution in [2.75, 3.05) is 4.90 Å². The summed E-state index contributed by atoms with van der Waals surface area (Å²) in [4.78, 5) is 2.53. The van der Waals surface area contributed by atoms with Crippen LogP contribution in [-0.4, -0.2) is 10.1 Å². The number of benzene rings is 10. The van der Waals surface area contributed by atoms with Crippen LogP contribution in [0, 0.1) is 0 Å². The summed E-state index contributed by atoms with van der Waals surface area (Å²) in [5.41, 5.74) is 14.6. The first-order valence-corrected chi connectivity index (χ1v) is 26.3. The lowest BCUT2D eigenvalue weighted by Gasteiger charge is -2.42. The average molecular weight is 957 g/mol. The highest BCUT2D eigenvalue weighted by Gasteiger charge is 2.33. The molecule has 4 heterocycles. The van der Waals surface area contributed by atoms with Gasteiger partial charge in [0.15, 0.2) is 0 Å². The molecule has 0 amide bonds. The zero-order valence-corrected chi connectivity index (χ0v) is 41.0. The minimum atomic E-state index is -0.379. The van der Waals surface area contributed by atoms with Gasteiger partial charge in [-0.3, -0.25) is 0 Å². The number of hydrogen-bond donors (Lipinski definition) is 0. The van der Waals surface area contributed by atoms with E-state index in [1.54, 1.807) is 0 Å². The van der Waals surface area contributed by atoms with Crippen LogP contribution in [0.15, 0.2) is 241 Å². The van der Waals surface area contributed by atoms with Crippen LogP contribution < -0.4 is 4.90 Å². The standard InChI is InChI=1S/C67H44N2OS2/c1-67(40-38-44(39-41-67)48-19-11-22-53-51-16-6-9-26-60(51)70-63(48)53)69(46-32-28-42(29-33-46)49-20-12-23-54-52-17-7-10-27-61(52)71-64(49)54)47-34-30-43(31-35-47)50-21-13-24-55-56-36-37-59-62(66(56)72-65(50)55)57-18-5-8-25-58(57)68(59)45-14-3-2-4-15-45/h2-40H,41H2,1H3. The topological polar surface area (TPSA) is 21.3 Å². The number of fused-ring (bicyclic) bond motifs is 13. The van der Waals surface area contributed by atoms with Gasteiger partial charge in [0.05, 0.1) is 16.6 Å². The Morgan fingerprint density at radius 2 is 1.04 bits per heavy atom. The van der Waals surface area contributed by atoms with Gasteiger partial charge < -0.3 is 13.9 Å². The largest absolute Gasteiger partial charge is 0.455 e. The molecule has 0 fully saturated rings. The fourth-order valence-electron chi connectivity index (χ4n) is 11.7. The van der Waals surface area contributed by atoms with Crippen molar-refractivity contribution < 1.29 is 4.42 Å². The summed E-state index contributed by atoms with van der Waals surface area (Å²) in [6.45, 7) is 2.37. The molecule has 1 aliphatic carbocycles. The predicted molar refractivity (Wildman–Crippen MR) is 310 cm³/mol. The number of hydrogen-bond acceptors (Lipinski definition) is 4. The molecule has 0 saturated heterocycles. The molecule has 15 rings (SSSR count). The number of allylic oxidation sites excluding steroid dienone is 2. The molecule has 340 valence electrons. The van der Waals surface area contributed by atoms with E-state index in [1.807, 2.05) is 28.7 Å². The van der Waals surface area contributed by atoms with E-state index >= 15 is 0 Å². The number of para-hydroxylation sites is 4. The summed E-state index contributed by atoms with van der Waals surface area (Å²) in [7, 11) is 0. The number of furan rings is 1. The molecule has 0 saturated carbocycles. The van der Waals surface area contributed by atoms with Crippen molar-refractivity contribution in [3.63, 3.8) is 0 Å². The number of rotatable bonds is 7. The van der Waals surface area contributed by atoms with Gasteiger partial charge in [0.1, 0.15) is 11.2 Å². The van der Waals surface area contributed by atoms with Crippen molar-refractivity contribution in [2.24, 2.45) is 0 Å². The molecule has 0 spiro atoms. The monoisotopic (exact) mass is 956 g/mol. The normalized spacial score (nSPS) is 15.0. The molecule has 14 aromatic rings. The molecule has 1 unspecified atom stereocenters. The minimum absolute atomic E-state index is 0.379. The number of nitrogens with zero attached hydrogens (tertiary/aromatic N) is 2. The summed E-state index contributed by atoms with van der Waals surface area (Å²) >= 11 is 3.80. The Balaban J connectivity index is 0.836. The molecular weight excluding hydrogens is 913 g/mol. The van der Waals surface area contributed by atoms with Crippen molar-refractivity contribution >= 4 is 124 Å². The first kappa shape index (κ1) is 41.3. The van der Waals surface area contributed by atoms with Gasteiger partial charge in [-0.2, -0.15) is 0 Å². The molecule has 5 heteroatoms. The molecule has 1 aliphatic rings. The molecule has 0 N–H and O–H groups in total. The average Bonchev–Trinajstić information content (AvgIpc) is 4.21. The van der Waals surface area contributed by atoms with Crippen LogP contribution in [0.4, 0.5) is 11.4 Å². The lowest BCUT2D eigenvalue weighted by molar-refractivity contribution is 0.571. The van der Waals surface area contributed by atoms with E-state index < -0.39 is 0 Å². The van der Waals surface area contributed by atoms with Crippen LogP contribution >= 0.6 is 22.7 Å². The quantitative estimate of drug-likeness (QED) is 0.159. The number of aromatic nitrogens is 1. The van der Waals surface area contributed by atoms with Crippen molar-refractivity contribution in [1.82, 2.24) is 4.57 Å². The summed E-state index contributed by atoms with van der Waals surface area (Å²) < 4.78 is 14.2. The maximum atomic E-state index is 6.53. The van der Waals surface area contributed by atoms with Crippen molar-refractivity contribution in [3.8, 4) is 27.9 Å². The van der Waals surface area contributed by atoms with Crippen LogP contribution in [0.3, 0.4) is 0 Å². The van der Waals surface area contributed by atoms with Gasteiger partial charge >= 0.3 is 0 Å². The third kappa shape index (κ3) is 6.27. The zero-order valence-electron chi connectivity index (χ0n) is 39.3. The molecule has 3 nitrogen and oxygen atoms in total. The molecule has 1 atom stereocenters. The van der Waals surface area contributed by atoms with E-state index in [4.69, 9.17) is 4.42 Å². The molecule has 0 aliphatic heterocycles. The van der Waals surface area contributed by atoms with E-state index in [1.165, 1.54) is 95.7 Å². The summed E-state index contributed by atoms with van der Waals surface area (Å²) in [6.07, 6.45) is 7.91. The minimum Gasteiger partial charge on any atom is -0.455 e. The van der Waals surface area contributed by atoms with Gasteiger partial charge in [0.25, 0.3) is 0 Å². The Labute approximate surface area is 424 Å². The van der Waals surface area contributed by atoms with E-state index in [2.05, 4.69) is 247 Å². The summed E-state index contributed by atoms with van der Waals surface area (Å²) in [5.74, 6) is 0. The van der Waals surface area contributed by atoms with Gasteiger partial charge in [0, 0.05) is 84.5 Å². The Morgan fingerprint density at radius 3 is 1.76 bits per heavy atom. The van der Waals surface area contributed by atoms with Crippen molar-refractivity contribution in [2.45, 2.75) is 18.9 Å². The second-order valence-electron chi connectivity index (χ2n) is 19.4. The first-order chi connectivity index (χ1) is 35.6. The zero-order chi connectivity index (χ0) is 47.5. The Hall–Kier alpha value is -8.48. The Morgan fingerprint density at radius 1 is 0.458 bits per heavy atom. The second-order valence-corrected chi connectivity index (χ2v) is 21.4. The number of anilines is 2. The van der Waals surface area contributed by atoms with E-state index in [-0.39, 0.29) is 5.54 Å². The lowest BCUT2D eigenvalue weighted by atomic mass is 9.85. The van der Waals surface area contributed by atoms with Crippen LogP contribution in [0.1, 0.15) is 18.9 Å². The molecule has 10 aromatic carbocycles. The van der Waals surface area contributed by atoms with Crippen molar-refractivity contribution in [1.29, 1.82) is 0 Å². The fourth-order valence-corrected chi connectivity index (χ4v) is 14.4. The molecule has 72 heavy (non-hydrogen) atoms. The SMILES string of the molecule is CC1(N(c2ccc(-c3cccc4c3sc3ccccc34)cc2)c2ccc(-c3cccc4c3sc3c4ccc4c3c3ccccc3n4-c3ccccc3)cc2)C=CC(c2cccc3c2oc2ccccc23)=CC1. The molecule has 0 bridgehead atoms. The van der Waals surface area contributed by atoms with Gasteiger partial charge in [-0.1, -0.05) is 176 Å². The van der Waals surface area contributed by atoms with Gasteiger partial charge in [-0.15, -0.1) is 22.7 Å². The van der Waals surface area contributed by atoms with Gasteiger partial charge in [0.2, 0.25) is 0 Å². The summed E-state index contributed by atoms with van der Waals surface area (Å²) in [5, 5.41) is 10.1. The van der Waals surface area contributed by atoms with E-state index in [0.29, 0.717) is 0 Å². The fraction of sp³-hybridized carbons (Fsp3) is 0.0448. The van der Waals surface area contributed by atoms with E-state index in [0.717, 1.165) is 45.3 Å². The van der Waals surface area contributed by atoms with Crippen LogP contribution in [0.5, 0.6) is 0 Å². The molecule has 4 aromatic heterocycles. The smallest absolute Gasteiger partial charge is 0.143 e. The highest BCUT2D eigenvalue weighted by Crippen LogP contribution is 2.48. The first-order valence-electron chi connectivity index (χ1n) is 24.7. The maximum absolute atomic E-state index is 6.53. The van der Waals surface area contributed by atoms with Crippen LogP contribution in [-0.2, 0) is 0 Å². The van der Waals surface area contributed by atoms with Crippen LogP contribution in [0.2, 0.25) is 0 Å². The summed E-state index contributed by atoms with van der Waals surface area (Å²) in [6, 6.07) is 80.0. The Kier molecular flexibility index (Phi) is 9.19. The van der Waals surface area contributed by atoms with Gasteiger partial charge in [-0.25, -0.2) is 0 Å². The molecular formula is C67H44N2OS2. The predicted octanol–water partition coefficient (Wildman–Crippen LogP) is 19.7.